The lowest BCUT2D eigenvalue weighted by Crippen LogP contribution is -2.30. The van der Waals surface area contributed by atoms with Gasteiger partial charge in [-0.2, -0.15) is 9.97 Å². The normalized spacial score (nSPS) is 18.2. The summed E-state index contributed by atoms with van der Waals surface area (Å²) in [6, 6.07) is 0.0783. The predicted molar refractivity (Wildman–Crippen MR) is 78.9 cm³/mol. The molecule has 114 valence electrons. The first-order valence-electron chi connectivity index (χ1n) is 7.02. The molecule has 0 saturated carbocycles. The zero-order valence-corrected chi connectivity index (χ0v) is 12.9. The molecule has 2 aromatic rings. The number of ether oxygens (including phenoxy) is 1. The predicted octanol–water partition coefficient (Wildman–Crippen LogP) is 0.702. The molecular formula is C13H18N4O3S. The average molecular weight is 310 g/mol. The van der Waals surface area contributed by atoms with Crippen LogP contribution in [0.3, 0.4) is 0 Å². The minimum Gasteiger partial charge on any atom is -0.609 e. The maximum atomic E-state index is 12.6. The van der Waals surface area contributed by atoms with E-state index in [1.54, 1.807) is 15.3 Å². The van der Waals surface area contributed by atoms with Crippen LogP contribution < -0.4 is 5.69 Å². The summed E-state index contributed by atoms with van der Waals surface area (Å²) in [5, 5.41) is 0.261. The molecule has 0 radical (unpaired) electrons. The molecule has 0 aliphatic carbocycles. The molecule has 1 atom stereocenters. The number of fused-ring (bicyclic) bond motifs is 1. The first-order chi connectivity index (χ1) is 10.1. The fourth-order valence-corrected chi connectivity index (χ4v) is 3.17. The van der Waals surface area contributed by atoms with E-state index >= 15 is 0 Å². The van der Waals surface area contributed by atoms with Gasteiger partial charge in [-0.3, -0.25) is 9.13 Å². The topological polar surface area (TPSA) is 85.0 Å². The number of hydrogen-bond donors (Lipinski definition) is 0. The molecule has 1 unspecified atom stereocenters. The van der Waals surface area contributed by atoms with Gasteiger partial charge in [-0.15, -0.1) is 0 Å². The Hall–Kier alpha value is -1.38. The van der Waals surface area contributed by atoms with Crippen molar-refractivity contribution in [2.75, 3.05) is 19.5 Å². The number of imidazole rings is 1. The van der Waals surface area contributed by atoms with Gasteiger partial charge in [0, 0.05) is 37.0 Å². The molecule has 7 nitrogen and oxygen atoms in total. The highest BCUT2D eigenvalue weighted by molar-refractivity contribution is 7.90. The number of aromatic nitrogens is 4. The zero-order valence-electron chi connectivity index (χ0n) is 12.1. The number of hydrogen-bond acceptors (Lipinski definition) is 5. The molecule has 0 aromatic carbocycles. The van der Waals surface area contributed by atoms with E-state index in [4.69, 9.17) is 4.74 Å². The summed E-state index contributed by atoms with van der Waals surface area (Å²) in [7, 11) is 0. The van der Waals surface area contributed by atoms with Crippen LogP contribution in [0, 0.1) is 0 Å². The Morgan fingerprint density at radius 3 is 2.81 bits per heavy atom. The maximum Gasteiger partial charge on any atom is 0.344 e. The minimum atomic E-state index is -1.27. The summed E-state index contributed by atoms with van der Waals surface area (Å²) in [6.07, 6.45) is 4.71. The van der Waals surface area contributed by atoms with E-state index in [9.17, 15) is 9.35 Å². The van der Waals surface area contributed by atoms with Gasteiger partial charge < -0.3 is 9.29 Å². The second-order valence-corrected chi connectivity index (χ2v) is 6.33. The minimum absolute atomic E-state index is 0.0762. The average Bonchev–Trinajstić information content (AvgIpc) is 2.78. The van der Waals surface area contributed by atoms with E-state index in [0.29, 0.717) is 30.9 Å². The molecule has 0 N–H and O–H groups in total. The number of nitrogens with zero attached hydrogens (tertiary/aromatic N) is 4. The summed E-state index contributed by atoms with van der Waals surface area (Å²) in [6.45, 7) is 3.77. The molecule has 0 bridgehead atoms. The molecule has 3 rings (SSSR count). The Morgan fingerprint density at radius 1 is 1.48 bits per heavy atom. The lowest BCUT2D eigenvalue weighted by atomic mass is 10.1. The fraction of sp³-hybridized carbons (Fsp3) is 0.615. The first-order valence-corrected chi connectivity index (χ1v) is 8.58. The Labute approximate surface area is 125 Å². The van der Waals surface area contributed by atoms with Crippen LogP contribution in [0.25, 0.3) is 11.2 Å². The molecule has 1 aliphatic rings. The molecule has 1 fully saturated rings. The van der Waals surface area contributed by atoms with Crippen LogP contribution in [0.15, 0.2) is 16.1 Å². The van der Waals surface area contributed by atoms with Crippen LogP contribution >= 0.6 is 0 Å². The molecule has 21 heavy (non-hydrogen) atoms. The monoisotopic (exact) mass is 310 g/mol. The van der Waals surface area contributed by atoms with Crippen LogP contribution in [0.4, 0.5) is 0 Å². The smallest absolute Gasteiger partial charge is 0.344 e. The lowest BCUT2D eigenvalue weighted by Gasteiger charge is -2.22. The number of aryl methyl sites for hydroxylation is 1. The second kappa shape index (κ2) is 5.78. The van der Waals surface area contributed by atoms with Crippen molar-refractivity contribution in [2.45, 2.75) is 37.5 Å². The van der Waals surface area contributed by atoms with Crippen molar-refractivity contribution in [1.82, 2.24) is 19.1 Å². The van der Waals surface area contributed by atoms with Crippen LogP contribution in [0.1, 0.15) is 25.8 Å². The van der Waals surface area contributed by atoms with Gasteiger partial charge in [-0.1, -0.05) is 0 Å². The highest BCUT2D eigenvalue weighted by Gasteiger charge is 2.24. The third-order valence-electron chi connectivity index (χ3n) is 3.81. The highest BCUT2D eigenvalue weighted by atomic mass is 32.2. The van der Waals surface area contributed by atoms with E-state index in [1.807, 2.05) is 6.92 Å². The Balaban J connectivity index is 2.22. The first kappa shape index (κ1) is 14.6. The van der Waals surface area contributed by atoms with Gasteiger partial charge in [0.2, 0.25) is 0 Å². The fourth-order valence-electron chi connectivity index (χ4n) is 2.76. The van der Waals surface area contributed by atoms with E-state index in [2.05, 4.69) is 9.97 Å². The van der Waals surface area contributed by atoms with E-state index in [1.165, 1.54) is 6.26 Å². The van der Waals surface area contributed by atoms with Crippen molar-refractivity contribution in [3.63, 3.8) is 0 Å². The van der Waals surface area contributed by atoms with Crippen molar-refractivity contribution >= 4 is 22.3 Å². The van der Waals surface area contributed by atoms with Crippen molar-refractivity contribution in [1.29, 1.82) is 0 Å². The van der Waals surface area contributed by atoms with Gasteiger partial charge in [0.25, 0.3) is 0 Å². The molecule has 2 aromatic heterocycles. The quantitative estimate of drug-likeness (QED) is 0.615. The van der Waals surface area contributed by atoms with Gasteiger partial charge in [0.15, 0.2) is 5.65 Å². The molecular weight excluding hydrogens is 292 g/mol. The van der Waals surface area contributed by atoms with Crippen molar-refractivity contribution in [3.8, 4) is 0 Å². The summed E-state index contributed by atoms with van der Waals surface area (Å²) in [5.41, 5.74) is 1.20. The van der Waals surface area contributed by atoms with Crippen molar-refractivity contribution < 1.29 is 9.29 Å². The van der Waals surface area contributed by atoms with Crippen LogP contribution in [-0.4, -0.2) is 43.1 Å². The van der Waals surface area contributed by atoms with E-state index in [0.717, 1.165) is 12.8 Å². The number of rotatable bonds is 3. The molecule has 8 heteroatoms. The third-order valence-corrected chi connectivity index (χ3v) is 4.52. The van der Waals surface area contributed by atoms with Crippen LogP contribution in [0.5, 0.6) is 0 Å². The highest BCUT2D eigenvalue weighted by Crippen LogP contribution is 2.23. The van der Waals surface area contributed by atoms with Gasteiger partial charge in [0.05, 0.1) is 6.20 Å². The summed E-state index contributed by atoms with van der Waals surface area (Å²) >= 11 is -1.27. The molecule has 1 saturated heterocycles. The molecule has 1 aliphatic heterocycles. The Morgan fingerprint density at radius 2 is 2.19 bits per heavy atom. The Bertz CT molecular complexity index is 703. The zero-order chi connectivity index (χ0) is 15.0. The molecule has 3 heterocycles. The van der Waals surface area contributed by atoms with Crippen LogP contribution in [-0.2, 0) is 22.5 Å². The largest absolute Gasteiger partial charge is 0.609 e. The standard InChI is InChI=1S/C13H18N4O3S/c1-3-16-10-8-14-12(21(2)19)15-11(10)17(13(16)18)9-4-6-20-7-5-9/h8-9H,3-7H2,1-2H3. The van der Waals surface area contributed by atoms with Gasteiger partial charge in [0.1, 0.15) is 11.8 Å². The van der Waals surface area contributed by atoms with Gasteiger partial charge in [-0.25, -0.2) is 4.79 Å². The summed E-state index contributed by atoms with van der Waals surface area (Å²) < 4.78 is 20.4. The maximum absolute atomic E-state index is 12.6. The van der Waals surface area contributed by atoms with Crippen molar-refractivity contribution in [3.05, 3.63) is 16.7 Å². The molecule has 0 spiro atoms. The molecule has 0 amide bonds. The van der Waals surface area contributed by atoms with Gasteiger partial charge in [-0.05, 0) is 19.8 Å². The summed E-state index contributed by atoms with van der Waals surface area (Å²) in [5.74, 6) is 0. The summed E-state index contributed by atoms with van der Waals surface area (Å²) in [4.78, 5) is 21.1. The van der Waals surface area contributed by atoms with Crippen LogP contribution in [0.2, 0.25) is 0 Å². The van der Waals surface area contributed by atoms with E-state index in [-0.39, 0.29) is 16.9 Å². The third kappa shape index (κ3) is 2.47. The van der Waals surface area contributed by atoms with Gasteiger partial charge >= 0.3 is 10.8 Å². The van der Waals surface area contributed by atoms with Crippen molar-refractivity contribution in [2.24, 2.45) is 0 Å². The Kier molecular flexibility index (Phi) is 4.01. The van der Waals surface area contributed by atoms with E-state index < -0.39 is 11.2 Å². The lowest BCUT2D eigenvalue weighted by molar-refractivity contribution is 0.0694. The second-order valence-electron chi connectivity index (χ2n) is 5.06. The SMILES string of the molecule is CCn1c(=O)n(C2CCOCC2)c2nc([S+](C)[O-])ncc21.